The number of carbonyl (C=O) groups excluding carboxylic acids is 1. The number of esters is 1. The fourth-order valence-electron chi connectivity index (χ4n) is 2.89. The van der Waals surface area contributed by atoms with Gasteiger partial charge in [-0.15, -0.1) is 0 Å². The molecule has 0 aliphatic carbocycles. The van der Waals surface area contributed by atoms with Gasteiger partial charge in [0, 0.05) is 19.5 Å². The zero-order chi connectivity index (χ0) is 23.7. The third-order valence-corrected chi connectivity index (χ3v) is 6.73. The molecule has 0 radical (unpaired) electrons. The summed E-state index contributed by atoms with van der Waals surface area (Å²) in [6.07, 6.45) is 2.49. The summed E-state index contributed by atoms with van der Waals surface area (Å²) >= 11 is 0. The minimum atomic E-state index is -3.58. The van der Waals surface area contributed by atoms with Crippen LogP contribution in [0.15, 0.2) is 29.2 Å². The van der Waals surface area contributed by atoms with E-state index in [4.69, 9.17) is 9.47 Å². The molecule has 0 unspecified atom stereocenters. The van der Waals surface area contributed by atoms with Crippen molar-refractivity contribution in [1.82, 2.24) is 4.31 Å². The van der Waals surface area contributed by atoms with Crippen LogP contribution in [-0.2, 0) is 19.5 Å². The van der Waals surface area contributed by atoms with Gasteiger partial charge >= 0.3 is 5.97 Å². The molecule has 7 nitrogen and oxygen atoms in total. The van der Waals surface area contributed by atoms with Gasteiger partial charge in [0.2, 0.25) is 10.0 Å². The Kier molecular flexibility index (Phi) is 10.6. The molecule has 178 valence electrons. The summed E-state index contributed by atoms with van der Waals surface area (Å²) < 4.78 is 38.2. The van der Waals surface area contributed by atoms with Crippen LogP contribution in [0, 0.1) is 0 Å². The second-order valence-electron chi connectivity index (χ2n) is 8.98. The molecule has 0 bridgehead atoms. The SMILES string of the molecule is CCCN(CCC)S(=O)(=O)c1ccc(C(=O)OCCC(C)(C)OCCC(C)(C)O)cc1. The van der Waals surface area contributed by atoms with Crippen LogP contribution in [0.3, 0.4) is 0 Å². The van der Waals surface area contributed by atoms with Gasteiger partial charge in [-0.3, -0.25) is 0 Å². The fourth-order valence-corrected chi connectivity index (χ4v) is 4.51. The molecule has 0 aliphatic rings. The molecule has 0 saturated heterocycles. The zero-order valence-corrected chi connectivity index (χ0v) is 20.6. The van der Waals surface area contributed by atoms with E-state index in [2.05, 4.69) is 0 Å². The Morgan fingerprint density at radius 1 is 0.968 bits per heavy atom. The first-order valence-electron chi connectivity index (χ1n) is 11.0. The summed E-state index contributed by atoms with van der Waals surface area (Å²) in [5.41, 5.74) is -0.977. The molecule has 0 heterocycles. The molecular formula is C23H39NO6S. The molecule has 0 amide bonds. The van der Waals surface area contributed by atoms with Crippen LogP contribution in [0.2, 0.25) is 0 Å². The van der Waals surface area contributed by atoms with Crippen molar-refractivity contribution in [2.24, 2.45) is 0 Å². The Morgan fingerprint density at radius 2 is 1.52 bits per heavy atom. The lowest BCUT2D eigenvalue weighted by Gasteiger charge is -2.27. The Morgan fingerprint density at radius 3 is 2.00 bits per heavy atom. The molecule has 0 fully saturated rings. The highest BCUT2D eigenvalue weighted by Gasteiger charge is 2.24. The number of rotatable bonds is 14. The van der Waals surface area contributed by atoms with E-state index in [1.54, 1.807) is 13.8 Å². The molecule has 1 N–H and O–H groups in total. The average Bonchev–Trinajstić information content (AvgIpc) is 2.66. The van der Waals surface area contributed by atoms with E-state index < -0.39 is 27.2 Å². The van der Waals surface area contributed by atoms with Crippen LogP contribution in [0.4, 0.5) is 0 Å². The first-order chi connectivity index (χ1) is 14.3. The number of aliphatic hydroxyl groups is 1. The number of carbonyl (C=O) groups is 1. The molecular weight excluding hydrogens is 418 g/mol. The fraction of sp³-hybridized carbons (Fsp3) is 0.696. The third-order valence-electron chi connectivity index (χ3n) is 4.82. The standard InChI is InChI=1S/C23H39NO6S/c1-7-15-24(16-8-2)31(27,28)20-11-9-19(10-12-20)21(25)29-17-14-23(5,6)30-18-13-22(3,4)26/h9-12,26H,7-8,13-18H2,1-6H3. The quantitative estimate of drug-likeness (QED) is 0.425. The first kappa shape index (κ1) is 27.6. The van der Waals surface area contributed by atoms with E-state index in [9.17, 15) is 18.3 Å². The number of hydrogen-bond donors (Lipinski definition) is 1. The van der Waals surface area contributed by atoms with Crippen molar-refractivity contribution in [3.05, 3.63) is 29.8 Å². The van der Waals surface area contributed by atoms with Gasteiger partial charge in [0.25, 0.3) is 0 Å². The molecule has 1 aromatic carbocycles. The summed E-state index contributed by atoms with van der Waals surface area (Å²) in [6.45, 7) is 12.7. The molecule has 0 saturated carbocycles. The van der Waals surface area contributed by atoms with Crippen LogP contribution >= 0.6 is 0 Å². The van der Waals surface area contributed by atoms with Crippen LogP contribution < -0.4 is 0 Å². The van der Waals surface area contributed by atoms with Crippen molar-refractivity contribution in [2.75, 3.05) is 26.3 Å². The number of nitrogens with zero attached hydrogens (tertiary/aromatic N) is 1. The van der Waals surface area contributed by atoms with Gasteiger partial charge in [-0.25, -0.2) is 13.2 Å². The van der Waals surface area contributed by atoms with E-state index in [0.717, 1.165) is 12.8 Å². The lowest BCUT2D eigenvalue weighted by atomic mass is 10.0. The van der Waals surface area contributed by atoms with Gasteiger partial charge in [0.15, 0.2) is 0 Å². The van der Waals surface area contributed by atoms with E-state index in [-0.39, 0.29) is 11.5 Å². The molecule has 0 spiro atoms. The highest BCUT2D eigenvalue weighted by molar-refractivity contribution is 7.89. The Hall–Kier alpha value is -1.48. The highest BCUT2D eigenvalue weighted by Crippen LogP contribution is 2.19. The van der Waals surface area contributed by atoms with Crippen molar-refractivity contribution in [3.8, 4) is 0 Å². The largest absolute Gasteiger partial charge is 0.462 e. The van der Waals surface area contributed by atoms with Crippen LogP contribution in [0.1, 0.15) is 77.6 Å². The lowest BCUT2D eigenvalue weighted by molar-refractivity contribution is -0.0576. The Balaban J connectivity index is 2.64. The van der Waals surface area contributed by atoms with Crippen molar-refractivity contribution in [3.63, 3.8) is 0 Å². The molecule has 0 atom stereocenters. The maximum Gasteiger partial charge on any atom is 0.338 e. The summed E-state index contributed by atoms with van der Waals surface area (Å²) in [5, 5.41) is 9.75. The Labute approximate surface area is 187 Å². The normalized spacial score (nSPS) is 12.9. The predicted octanol–water partition coefficient (Wildman–Crippen LogP) is 4.00. The van der Waals surface area contributed by atoms with Gasteiger partial charge in [-0.05, 0) is 71.2 Å². The second kappa shape index (κ2) is 11.9. The summed E-state index contributed by atoms with van der Waals surface area (Å²) in [5.74, 6) is -0.504. The maximum absolute atomic E-state index is 12.8. The summed E-state index contributed by atoms with van der Waals surface area (Å²) in [7, 11) is -3.58. The van der Waals surface area contributed by atoms with Crippen molar-refractivity contribution in [2.45, 2.75) is 83.3 Å². The minimum Gasteiger partial charge on any atom is -0.462 e. The van der Waals surface area contributed by atoms with Gasteiger partial charge in [0.05, 0.1) is 34.9 Å². The monoisotopic (exact) mass is 457 g/mol. The maximum atomic E-state index is 12.8. The lowest BCUT2D eigenvalue weighted by Crippen LogP contribution is -2.32. The number of ether oxygens (including phenoxy) is 2. The zero-order valence-electron chi connectivity index (χ0n) is 19.8. The van der Waals surface area contributed by atoms with Crippen LogP contribution in [0.5, 0.6) is 0 Å². The first-order valence-corrected chi connectivity index (χ1v) is 12.4. The smallest absolute Gasteiger partial charge is 0.338 e. The summed E-state index contributed by atoms with van der Waals surface area (Å²) in [4.78, 5) is 12.5. The number of hydrogen-bond acceptors (Lipinski definition) is 6. The van der Waals surface area contributed by atoms with Crippen LogP contribution in [0.25, 0.3) is 0 Å². The van der Waals surface area contributed by atoms with E-state index >= 15 is 0 Å². The van der Waals surface area contributed by atoms with E-state index in [0.29, 0.717) is 38.1 Å². The highest BCUT2D eigenvalue weighted by atomic mass is 32.2. The number of benzene rings is 1. The topological polar surface area (TPSA) is 93.1 Å². The molecule has 1 aromatic rings. The second-order valence-corrected chi connectivity index (χ2v) is 10.9. The molecule has 1 rings (SSSR count). The molecule has 0 aliphatic heterocycles. The molecule has 31 heavy (non-hydrogen) atoms. The Bertz CT molecular complexity index is 775. The molecule has 8 heteroatoms. The summed E-state index contributed by atoms with van der Waals surface area (Å²) in [6, 6.07) is 5.87. The van der Waals surface area contributed by atoms with Crippen molar-refractivity contribution < 1.29 is 27.8 Å². The van der Waals surface area contributed by atoms with Gasteiger partial charge in [-0.1, -0.05) is 13.8 Å². The molecule has 0 aromatic heterocycles. The minimum absolute atomic E-state index is 0.173. The van der Waals surface area contributed by atoms with E-state index in [1.807, 2.05) is 27.7 Å². The van der Waals surface area contributed by atoms with Crippen LogP contribution in [-0.4, -0.2) is 61.3 Å². The predicted molar refractivity (Wildman–Crippen MR) is 122 cm³/mol. The number of sulfonamides is 1. The van der Waals surface area contributed by atoms with Crippen molar-refractivity contribution >= 4 is 16.0 Å². The average molecular weight is 458 g/mol. The van der Waals surface area contributed by atoms with E-state index in [1.165, 1.54) is 28.6 Å². The third kappa shape index (κ3) is 9.68. The van der Waals surface area contributed by atoms with Gasteiger partial charge in [0.1, 0.15) is 0 Å². The van der Waals surface area contributed by atoms with Crippen molar-refractivity contribution in [1.29, 1.82) is 0 Å². The van der Waals surface area contributed by atoms with Gasteiger partial charge in [-0.2, -0.15) is 4.31 Å². The van der Waals surface area contributed by atoms with Gasteiger partial charge < -0.3 is 14.6 Å².